The van der Waals surface area contributed by atoms with Gasteiger partial charge in [-0.3, -0.25) is 4.79 Å². The van der Waals surface area contributed by atoms with E-state index < -0.39 is 0 Å². The Hall–Kier alpha value is -0.790. The molecule has 4 rings (SSSR count). The summed E-state index contributed by atoms with van der Waals surface area (Å²) in [6.45, 7) is 12.1. The average molecular weight is 443 g/mol. The lowest BCUT2D eigenvalue weighted by molar-refractivity contribution is -0.151. The molecule has 3 saturated carbocycles. The van der Waals surface area contributed by atoms with Crippen LogP contribution in [0.2, 0.25) is 0 Å². The topological polar surface area (TPSA) is 26.3 Å². The quantitative estimate of drug-likeness (QED) is 0.214. The number of carbonyl (C=O) groups excluding carboxylic acids is 1. The minimum absolute atomic E-state index is 0.0258. The molecule has 0 bridgehead atoms. The van der Waals surface area contributed by atoms with Crippen LogP contribution in [0.5, 0.6) is 0 Å². The number of hydrogen-bond acceptors (Lipinski definition) is 2. The van der Waals surface area contributed by atoms with Crippen molar-refractivity contribution in [3.05, 3.63) is 11.6 Å². The van der Waals surface area contributed by atoms with Gasteiger partial charge in [0.25, 0.3) is 0 Å². The van der Waals surface area contributed by atoms with E-state index >= 15 is 0 Å². The number of fused-ring (bicyclic) bond motifs is 5. The third kappa shape index (κ3) is 4.34. The summed E-state index contributed by atoms with van der Waals surface area (Å²) in [7, 11) is 0. The van der Waals surface area contributed by atoms with E-state index in [0.29, 0.717) is 17.3 Å². The molecule has 4 aliphatic carbocycles. The number of hydrogen-bond donors (Lipinski definition) is 0. The minimum Gasteiger partial charge on any atom is -0.462 e. The second-order valence-corrected chi connectivity index (χ2v) is 12.5. The molecule has 0 saturated heterocycles. The van der Waals surface area contributed by atoms with E-state index in [4.69, 9.17) is 4.74 Å². The van der Waals surface area contributed by atoms with E-state index in [9.17, 15) is 4.79 Å². The predicted molar refractivity (Wildman–Crippen MR) is 133 cm³/mol. The fraction of sp³-hybridized carbons (Fsp3) is 0.900. The van der Waals surface area contributed by atoms with Gasteiger partial charge in [0.1, 0.15) is 6.10 Å². The van der Waals surface area contributed by atoms with Crippen LogP contribution in [0, 0.1) is 40.4 Å². The van der Waals surface area contributed by atoms with Gasteiger partial charge >= 0.3 is 5.97 Å². The van der Waals surface area contributed by atoms with Gasteiger partial charge in [0.05, 0.1) is 0 Å². The molecule has 182 valence electrons. The number of carbonyl (C=O) groups is 1. The zero-order valence-corrected chi connectivity index (χ0v) is 21.8. The van der Waals surface area contributed by atoms with Crippen molar-refractivity contribution < 1.29 is 9.53 Å². The first-order valence-electron chi connectivity index (χ1n) is 14.2. The van der Waals surface area contributed by atoms with E-state index in [1.165, 1.54) is 70.6 Å². The lowest BCUT2D eigenvalue weighted by atomic mass is 9.47. The van der Waals surface area contributed by atoms with Crippen LogP contribution in [0.3, 0.4) is 0 Å². The van der Waals surface area contributed by atoms with Crippen LogP contribution in [0.25, 0.3) is 0 Å². The van der Waals surface area contributed by atoms with Gasteiger partial charge in [0.2, 0.25) is 0 Å². The standard InChI is InChI=1S/C30H50O2/c1-6-8-9-10-11-21(3)25-14-15-26-24-13-12-22-20-23(32-28(31)7-2)16-18-29(22,4)27(24)17-19-30(25,26)5/h12,21,23-27H,6-11,13-20H2,1-5H3. The smallest absolute Gasteiger partial charge is 0.305 e. The maximum Gasteiger partial charge on any atom is 0.305 e. The summed E-state index contributed by atoms with van der Waals surface area (Å²) in [4.78, 5) is 11.9. The third-order valence-corrected chi connectivity index (χ3v) is 10.9. The maximum absolute atomic E-state index is 11.9. The molecule has 8 unspecified atom stereocenters. The van der Waals surface area contributed by atoms with Crippen LogP contribution in [0.15, 0.2) is 11.6 Å². The fourth-order valence-electron chi connectivity index (χ4n) is 9.07. The van der Waals surface area contributed by atoms with E-state index in [1.54, 1.807) is 5.57 Å². The van der Waals surface area contributed by atoms with E-state index in [0.717, 1.165) is 42.4 Å². The van der Waals surface area contributed by atoms with Crippen LogP contribution in [-0.4, -0.2) is 12.1 Å². The number of unbranched alkanes of at least 4 members (excludes halogenated alkanes) is 3. The Morgan fingerprint density at radius 3 is 2.62 bits per heavy atom. The summed E-state index contributed by atoms with van der Waals surface area (Å²) in [5.74, 6) is 4.47. The Bertz CT molecular complexity index is 695. The van der Waals surface area contributed by atoms with Gasteiger partial charge in [-0.1, -0.05) is 78.4 Å². The zero-order valence-electron chi connectivity index (χ0n) is 21.8. The van der Waals surface area contributed by atoms with Gasteiger partial charge in [-0.15, -0.1) is 0 Å². The Morgan fingerprint density at radius 1 is 1.06 bits per heavy atom. The molecule has 0 spiro atoms. The van der Waals surface area contributed by atoms with Gasteiger partial charge < -0.3 is 4.74 Å². The number of rotatable bonds is 8. The molecule has 0 amide bonds. The molecule has 2 heteroatoms. The second-order valence-electron chi connectivity index (χ2n) is 12.5. The monoisotopic (exact) mass is 442 g/mol. The zero-order chi connectivity index (χ0) is 22.9. The molecule has 0 aromatic rings. The number of esters is 1. The SMILES string of the molecule is CCCCCCC(C)C1CCC2C3CC=C4CC(OC(=O)CC)CCC4(C)C3CCC12C. The summed E-state index contributed by atoms with van der Waals surface area (Å²) in [5, 5.41) is 0. The molecule has 4 aliphatic rings. The van der Waals surface area contributed by atoms with E-state index in [1.807, 2.05) is 6.92 Å². The number of ether oxygens (including phenoxy) is 1. The molecular formula is C30H50O2. The molecule has 0 radical (unpaired) electrons. The van der Waals surface area contributed by atoms with Crippen molar-refractivity contribution in [1.29, 1.82) is 0 Å². The van der Waals surface area contributed by atoms with Crippen molar-refractivity contribution in [2.45, 2.75) is 131 Å². The highest BCUT2D eigenvalue weighted by Gasteiger charge is 2.59. The van der Waals surface area contributed by atoms with Crippen molar-refractivity contribution >= 4 is 5.97 Å². The van der Waals surface area contributed by atoms with E-state index in [2.05, 4.69) is 33.8 Å². The summed E-state index contributed by atoms with van der Waals surface area (Å²) >= 11 is 0. The molecule has 2 nitrogen and oxygen atoms in total. The summed E-state index contributed by atoms with van der Waals surface area (Å²) < 4.78 is 5.76. The van der Waals surface area contributed by atoms with Crippen molar-refractivity contribution in [2.24, 2.45) is 40.4 Å². The highest BCUT2D eigenvalue weighted by Crippen LogP contribution is 2.67. The van der Waals surface area contributed by atoms with Crippen LogP contribution < -0.4 is 0 Å². The maximum atomic E-state index is 11.9. The van der Waals surface area contributed by atoms with Gasteiger partial charge in [0.15, 0.2) is 0 Å². The predicted octanol–water partition coefficient (Wildman–Crippen LogP) is 8.49. The highest BCUT2D eigenvalue weighted by atomic mass is 16.5. The third-order valence-electron chi connectivity index (χ3n) is 10.9. The van der Waals surface area contributed by atoms with Crippen molar-refractivity contribution in [3.63, 3.8) is 0 Å². The molecule has 3 fully saturated rings. The number of allylic oxidation sites excluding steroid dienone is 1. The Labute approximate surface area is 198 Å². The van der Waals surface area contributed by atoms with Gasteiger partial charge in [-0.25, -0.2) is 0 Å². The summed E-state index contributed by atoms with van der Waals surface area (Å²) in [6.07, 6.45) is 20.6. The minimum atomic E-state index is -0.0258. The van der Waals surface area contributed by atoms with Crippen LogP contribution >= 0.6 is 0 Å². The van der Waals surface area contributed by atoms with Crippen molar-refractivity contribution in [2.75, 3.05) is 0 Å². The van der Waals surface area contributed by atoms with Crippen LogP contribution in [0.4, 0.5) is 0 Å². The first kappa shape index (κ1) is 24.3. The first-order valence-corrected chi connectivity index (χ1v) is 14.2. The average Bonchev–Trinajstić information content (AvgIpc) is 3.14. The first-order chi connectivity index (χ1) is 15.3. The second kappa shape index (κ2) is 9.83. The lowest BCUT2D eigenvalue weighted by Gasteiger charge is -2.58. The van der Waals surface area contributed by atoms with Crippen molar-refractivity contribution in [1.82, 2.24) is 0 Å². The molecule has 8 atom stereocenters. The normalized spacial score (nSPS) is 41.8. The molecule has 0 N–H and O–H groups in total. The summed E-state index contributed by atoms with van der Waals surface area (Å²) in [5.41, 5.74) is 2.55. The highest BCUT2D eigenvalue weighted by molar-refractivity contribution is 5.69. The molecular weight excluding hydrogens is 392 g/mol. The van der Waals surface area contributed by atoms with Gasteiger partial charge in [0, 0.05) is 12.8 Å². The van der Waals surface area contributed by atoms with Crippen molar-refractivity contribution in [3.8, 4) is 0 Å². The van der Waals surface area contributed by atoms with E-state index in [-0.39, 0.29) is 12.1 Å². The van der Waals surface area contributed by atoms with Crippen LogP contribution in [-0.2, 0) is 9.53 Å². The Morgan fingerprint density at radius 2 is 1.88 bits per heavy atom. The largest absolute Gasteiger partial charge is 0.462 e. The molecule has 0 aliphatic heterocycles. The molecule has 0 heterocycles. The van der Waals surface area contributed by atoms with Gasteiger partial charge in [-0.05, 0) is 85.4 Å². The van der Waals surface area contributed by atoms with Gasteiger partial charge in [-0.2, -0.15) is 0 Å². The fourth-order valence-corrected chi connectivity index (χ4v) is 9.07. The molecule has 32 heavy (non-hydrogen) atoms. The molecule has 0 aromatic carbocycles. The summed E-state index contributed by atoms with van der Waals surface area (Å²) in [6, 6.07) is 0. The Balaban J connectivity index is 1.44. The molecule has 0 aromatic heterocycles. The Kier molecular flexibility index (Phi) is 7.48. The van der Waals surface area contributed by atoms with Crippen LogP contribution in [0.1, 0.15) is 125 Å². The lowest BCUT2D eigenvalue weighted by Crippen LogP contribution is -2.51.